The third-order valence-corrected chi connectivity index (χ3v) is 10.1. The molecule has 4 aliphatic heterocycles. The van der Waals surface area contributed by atoms with Crippen molar-refractivity contribution in [2.75, 3.05) is 19.6 Å². The highest BCUT2D eigenvalue weighted by Gasteiger charge is 2.63. The number of nitrogens with one attached hydrogen (secondary N) is 4. The third-order valence-electron chi connectivity index (χ3n) is 10.1. The second-order valence-corrected chi connectivity index (χ2v) is 19.1. The Morgan fingerprint density at radius 1 is 0.787 bits per heavy atom. The molecule has 0 radical (unpaired) electrons. The van der Waals surface area contributed by atoms with Crippen molar-refractivity contribution in [2.24, 2.45) is 0 Å². The lowest BCUT2D eigenvalue weighted by Gasteiger charge is -2.37. The maximum atomic E-state index is 14.5. The van der Waals surface area contributed by atoms with Crippen LogP contribution in [0.1, 0.15) is 115 Å². The van der Waals surface area contributed by atoms with Crippen LogP contribution in [0.4, 0.5) is 9.59 Å². The average molecular weight is 870 g/mol. The van der Waals surface area contributed by atoms with Gasteiger partial charge < -0.3 is 63.3 Å². The molecule has 4 fully saturated rings. The predicted octanol–water partition coefficient (Wildman–Crippen LogP) is 3.10. The minimum absolute atomic E-state index is 0.0289. The summed E-state index contributed by atoms with van der Waals surface area (Å²) in [6.45, 7) is 23.3. The van der Waals surface area contributed by atoms with Gasteiger partial charge in [-0.05, 0) is 102 Å². The lowest BCUT2D eigenvalue weighted by Crippen LogP contribution is -2.58. The quantitative estimate of drug-likeness (QED) is 0.113. The zero-order valence-corrected chi connectivity index (χ0v) is 37.7. The second-order valence-electron chi connectivity index (χ2n) is 19.1. The number of carbonyl (C=O) groups excluding carboxylic acids is 3. The molecule has 0 aromatic carbocycles. The highest BCUT2D eigenvalue weighted by Crippen LogP contribution is 2.47. The molecule has 346 valence electrons. The summed E-state index contributed by atoms with van der Waals surface area (Å²) in [5.41, 5.74) is -3.75. The lowest BCUT2D eigenvalue weighted by molar-refractivity contribution is -0.276. The van der Waals surface area contributed by atoms with Crippen LogP contribution in [-0.2, 0) is 52.2 Å². The van der Waals surface area contributed by atoms with Crippen LogP contribution < -0.4 is 27.2 Å². The van der Waals surface area contributed by atoms with Gasteiger partial charge in [-0.25, -0.2) is 14.4 Å². The molecule has 20 heteroatoms. The molecule has 4 saturated heterocycles. The molecule has 0 unspecified atom stereocenters. The van der Waals surface area contributed by atoms with Crippen molar-refractivity contribution in [1.29, 1.82) is 0 Å². The first kappa shape index (κ1) is 48.4. The minimum Gasteiger partial charge on any atom is -0.459 e. The van der Waals surface area contributed by atoms with Gasteiger partial charge in [-0.15, -0.1) is 0 Å². The van der Waals surface area contributed by atoms with Crippen LogP contribution in [-0.4, -0.2) is 131 Å². The van der Waals surface area contributed by atoms with Gasteiger partial charge in [0.05, 0.1) is 0 Å². The van der Waals surface area contributed by atoms with Gasteiger partial charge >= 0.3 is 23.8 Å². The van der Waals surface area contributed by atoms with Crippen LogP contribution in [0.2, 0.25) is 0 Å². The van der Waals surface area contributed by atoms with Crippen molar-refractivity contribution < 1.29 is 61.8 Å². The Hall–Kier alpha value is -3.63. The van der Waals surface area contributed by atoms with Gasteiger partial charge in [0.2, 0.25) is 0 Å². The number of esters is 1. The van der Waals surface area contributed by atoms with E-state index < -0.39 is 119 Å². The largest absolute Gasteiger partial charge is 0.459 e. The summed E-state index contributed by atoms with van der Waals surface area (Å²) in [6.07, 6.45) is -7.69. The Labute approximate surface area is 356 Å². The smallest absolute Gasteiger partial charge is 0.407 e. The maximum absolute atomic E-state index is 14.5. The van der Waals surface area contributed by atoms with Gasteiger partial charge in [-0.2, -0.15) is 0 Å². The molecule has 0 spiro atoms. The van der Waals surface area contributed by atoms with Gasteiger partial charge in [0.15, 0.2) is 24.1 Å². The number of aromatic amines is 1. The van der Waals surface area contributed by atoms with Crippen molar-refractivity contribution in [3.8, 4) is 0 Å². The number of fused-ring (bicyclic) bond motifs is 2. The Bertz CT molecular complexity index is 1810. The molecule has 4 aliphatic rings. The van der Waals surface area contributed by atoms with Crippen LogP contribution in [0.25, 0.3) is 0 Å². The number of alkyl carbamates (subject to hydrolysis) is 2. The number of amides is 2. The van der Waals surface area contributed by atoms with E-state index in [9.17, 15) is 24.0 Å². The maximum Gasteiger partial charge on any atom is 0.407 e. The molecule has 1 aromatic rings. The Morgan fingerprint density at radius 3 is 1.97 bits per heavy atom. The molecule has 61 heavy (non-hydrogen) atoms. The lowest BCUT2D eigenvalue weighted by atomic mass is 9.98. The number of aromatic nitrogens is 2. The van der Waals surface area contributed by atoms with Gasteiger partial charge in [0, 0.05) is 25.4 Å². The Balaban J connectivity index is 1.52. The van der Waals surface area contributed by atoms with Crippen molar-refractivity contribution in [3.63, 3.8) is 0 Å². The summed E-state index contributed by atoms with van der Waals surface area (Å²) in [4.78, 5) is 67.2. The fourth-order valence-corrected chi connectivity index (χ4v) is 7.61. The van der Waals surface area contributed by atoms with Gasteiger partial charge in [-0.1, -0.05) is 13.8 Å². The monoisotopic (exact) mass is 869 g/mol. The number of nitrogens with zero attached hydrogens (tertiary/aromatic N) is 1. The molecule has 10 atom stereocenters. The topological polar surface area (TPSA) is 234 Å². The average Bonchev–Trinajstić information content (AvgIpc) is 3.83. The first-order chi connectivity index (χ1) is 28.2. The van der Waals surface area contributed by atoms with Crippen molar-refractivity contribution in [3.05, 3.63) is 33.1 Å². The fraction of sp³-hybridized carbons (Fsp3) is 0.829. The van der Waals surface area contributed by atoms with Crippen LogP contribution in [0.15, 0.2) is 21.9 Å². The van der Waals surface area contributed by atoms with E-state index in [1.54, 1.807) is 76.2 Å². The van der Waals surface area contributed by atoms with E-state index >= 15 is 0 Å². The van der Waals surface area contributed by atoms with E-state index in [0.717, 1.165) is 0 Å². The van der Waals surface area contributed by atoms with Crippen LogP contribution in [0, 0.1) is 0 Å². The third kappa shape index (κ3) is 12.5. The summed E-state index contributed by atoms with van der Waals surface area (Å²) in [5, 5.41) is 8.76. The minimum atomic E-state index is -1.31. The SMILES string of the molecule is CCC1(CC)O[C@H]2[C@H](O[C@H]([C@H]3O[C@@H](n4ccc(=O)[nH]c4=O)[C@@H]4OC(C)(C)O[C@H]34)[C@H](NCCCNC(=O)OC(C)(C)C)C(=O)OC(C)(C)C)O[C@H](CNC(=O)OC(C)(C)C)[C@H]2O1. The highest BCUT2D eigenvalue weighted by atomic mass is 16.8. The van der Waals surface area contributed by atoms with E-state index in [4.69, 9.17) is 47.4 Å². The number of hydrogen-bond acceptors (Lipinski definition) is 16. The Kier molecular flexibility index (Phi) is 14.8. The van der Waals surface area contributed by atoms with E-state index in [0.29, 0.717) is 19.3 Å². The molecule has 5 rings (SSSR count). The Morgan fingerprint density at radius 2 is 1.38 bits per heavy atom. The zero-order valence-electron chi connectivity index (χ0n) is 37.7. The van der Waals surface area contributed by atoms with Crippen LogP contribution in [0.5, 0.6) is 0 Å². The van der Waals surface area contributed by atoms with Gasteiger partial charge in [0.25, 0.3) is 5.56 Å². The van der Waals surface area contributed by atoms with Gasteiger partial charge in [0.1, 0.15) is 65.6 Å². The first-order valence-electron chi connectivity index (χ1n) is 21.1. The summed E-state index contributed by atoms with van der Waals surface area (Å²) < 4.78 is 64.0. The molecule has 0 saturated carbocycles. The number of rotatable bonds is 15. The molecule has 5 heterocycles. The molecular formula is C41H67N5O15. The van der Waals surface area contributed by atoms with Crippen molar-refractivity contribution in [2.45, 2.75) is 199 Å². The number of ether oxygens (including phenoxy) is 10. The number of carbonyl (C=O) groups is 3. The zero-order chi connectivity index (χ0) is 45.3. The second kappa shape index (κ2) is 18.6. The number of H-pyrrole nitrogens is 1. The molecule has 0 bridgehead atoms. The van der Waals surface area contributed by atoms with E-state index in [1.165, 1.54) is 16.8 Å². The normalized spacial score (nSPS) is 29.0. The fourth-order valence-electron chi connectivity index (χ4n) is 7.61. The molecule has 20 nitrogen and oxygen atoms in total. The number of hydrogen-bond donors (Lipinski definition) is 4. The molecule has 1 aromatic heterocycles. The molecule has 4 N–H and O–H groups in total. The van der Waals surface area contributed by atoms with Crippen molar-refractivity contribution in [1.82, 2.24) is 25.5 Å². The van der Waals surface area contributed by atoms with E-state index in [2.05, 4.69) is 20.9 Å². The molecule has 2 amide bonds. The standard InChI is InChI=1S/C41H67N5O15/c1-14-41(15-2)57-25-22(21-44-36(51)61-39(9,10)11)52-33(30(25)58-41)54-26(24(32(48)59-37(3,4)5)42-18-16-19-43-35(50)60-38(6,7)8)27-28-29(56-40(12,13)55-28)31(53-27)46-20-17-23(47)45-34(46)49/h17,20,22,24-31,33,42H,14-16,18-19,21H2,1-13H3,(H,43,50)(H,44,51)(H,45,47,49)/t22-,24+,25-,26+,27-,28-,29-,30-,31-,33+/m1/s1. The van der Waals surface area contributed by atoms with Crippen LogP contribution in [0.3, 0.4) is 0 Å². The summed E-state index contributed by atoms with van der Waals surface area (Å²) in [7, 11) is 0. The summed E-state index contributed by atoms with van der Waals surface area (Å²) in [6, 6.07) is -0.114. The summed E-state index contributed by atoms with van der Waals surface area (Å²) in [5.74, 6) is -2.88. The summed E-state index contributed by atoms with van der Waals surface area (Å²) >= 11 is 0. The molecular weight excluding hydrogens is 802 g/mol. The first-order valence-corrected chi connectivity index (χ1v) is 21.1. The van der Waals surface area contributed by atoms with Gasteiger partial charge in [-0.3, -0.25) is 19.1 Å². The van der Waals surface area contributed by atoms with Crippen LogP contribution >= 0.6 is 0 Å². The molecule has 0 aliphatic carbocycles. The highest BCUT2D eigenvalue weighted by molar-refractivity contribution is 5.77. The van der Waals surface area contributed by atoms with Crippen molar-refractivity contribution >= 4 is 18.2 Å². The predicted molar refractivity (Wildman–Crippen MR) is 216 cm³/mol. The van der Waals surface area contributed by atoms with E-state index in [-0.39, 0.29) is 19.6 Å². The van der Waals surface area contributed by atoms with E-state index in [1.807, 2.05) is 13.8 Å².